The van der Waals surface area contributed by atoms with Crippen LogP contribution in [0.2, 0.25) is 0 Å². The highest BCUT2D eigenvalue weighted by Gasteiger charge is 2.29. The van der Waals surface area contributed by atoms with E-state index in [-0.39, 0.29) is 19.3 Å². The predicted molar refractivity (Wildman–Crippen MR) is 481 cm³/mol. The van der Waals surface area contributed by atoms with Crippen LogP contribution in [0.15, 0.2) is 194 Å². The number of hydrogen-bond donors (Lipinski definition) is 4. The number of carbonyl (C=O) groups excluding carboxylic acids is 3. The van der Waals surface area contributed by atoms with Gasteiger partial charge in [-0.15, -0.1) is 0 Å². The number of rotatable bonds is 83. The molecule has 0 radical (unpaired) electrons. The van der Waals surface area contributed by atoms with Crippen molar-refractivity contribution in [3.63, 3.8) is 0 Å². The average Bonchev–Trinajstić information content (AvgIpc) is 0.896. The lowest BCUT2D eigenvalue weighted by molar-refractivity contribution is -0.161. The number of aliphatic hydroxyl groups excluding tert-OH is 2. The number of hydrogen-bond acceptors (Lipinski definition) is 14. The van der Waals surface area contributed by atoms with Crippen molar-refractivity contribution in [2.24, 2.45) is 0 Å². The average molecular weight is 1640 g/mol. The molecule has 0 aromatic carbocycles. The molecule has 0 aliphatic heterocycles. The number of unbranched alkanes of at least 4 members (excludes halogenated alkanes) is 28. The number of phosphoric ester groups is 2. The summed E-state index contributed by atoms with van der Waals surface area (Å²) in [5, 5.41) is 20.7. The molecule has 0 aromatic heterocycles. The summed E-state index contributed by atoms with van der Waals surface area (Å²) in [5.74, 6) is -1.60. The molecule has 18 heteroatoms. The van der Waals surface area contributed by atoms with E-state index in [9.17, 15) is 43.5 Å². The van der Waals surface area contributed by atoms with E-state index in [4.69, 9.17) is 32.3 Å². The summed E-state index contributed by atoms with van der Waals surface area (Å²) >= 11 is 0. The topological polar surface area (TPSA) is 231 Å². The second kappa shape index (κ2) is 87.7. The Morgan fingerprint density at radius 3 is 0.687 bits per heavy atom. The van der Waals surface area contributed by atoms with Crippen molar-refractivity contribution in [2.45, 2.75) is 360 Å². The molecule has 0 aliphatic rings. The summed E-state index contributed by atoms with van der Waals surface area (Å²) in [4.78, 5) is 58.9. The lowest BCUT2D eigenvalue weighted by atomic mass is 10.0. The maximum absolute atomic E-state index is 13.0. The monoisotopic (exact) mass is 1640 g/mol. The van der Waals surface area contributed by atoms with Gasteiger partial charge in [0, 0.05) is 19.3 Å². The summed E-state index contributed by atoms with van der Waals surface area (Å²) in [6.07, 6.45) is 116. The highest BCUT2D eigenvalue weighted by atomic mass is 31.2. The molecule has 0 spiro atoms. The van der Waals surface area contributed by atoms with Crippen LogP contribution in [0.25, 0.3) is 0 Å². The third kappa shape index (κ3) is 89.0. The molecular formula is C97H160O16P2. The first kappa shape index (κ1) is 109. The normalized spacial score (nSPS) is 14.7. The van der Waals surface area contributed by atoms with Crippen molar-refractivity contribution in [3.05, 3.63) is 194 Å². The molecule has 0 aromatic rings. The number of ether oxygens (including phenoxy) is 3. The van der Waals surface area contributed by atoms with Gasteiger partial charge in [0.05, 0.1) is 26.4 Å². The number of aliphatic hydroxyl groups is 2. The fourth-order valence-electron chi connectivity index (χ4n) is 11.6. The van der Waals surface area contributed by atoms with Gasteiger partial charge >= 0.3 is 33.6 Å². The van der Waals surface area contributed by atoms with Crippen LogP contribution in [0, 0.1) is 0 Å². The maximum atomic E-state index is 13.0. The quantitative estimate of drug-likeness (QED) is 0.0146. The van der Waals surface area contributed by atoms with Crippen molar-refractivity contribution >= 4 is 33.6 Å². The first-order chi connectivity index (χ1) is 56.2. The van der Waals surface area contributed by atoms with Gasteiger partial charge in [-0.25, -0.2) is 9.13 Å². The zero-order chi connectivity index (χ0) is 83.6. The van der Waals surface area contributed by atoms with Crippen molar-refractivity contribution in [1.29, 1.82) is 0 Å². The van der Waals surface area contributed by atoms with Gasteiger partial charge in [-0.05, 0) is 161 Å². The molecule has 0 saturated carbocycles. The summed E-state index contributed by atoms with van der Waals surface area (Å²) in [6, 6.07) is 0. The standard InChI is InChI=1S/C97H160O16P2/c1-4-7-10-13-16-19-22-25-28-31-34-36-38-40-42-44-45-47-49-50-52-54-57-59-62-65-68-71-74-77-80-83-95(100)107-86-92(98)87-109-114(103,104)110-88-93(99)89-111-115(105,106)112-91-94(113-97(102)85-82-79-76-73-70-67-64-61-56-33-30-27-24-21-18-15-12-9-6-3)90-108-96(101)84-81-78-75-72-69-66-63-60-58-55-53-51-48-46-43-41-39-37-35-32-29-26-23-20-17-14-11-8-5-2/h7-12,16-21,25-30,34-37,40-43,45,47-48,51,56,61,92-94,98-99H,4-6,13-15,22-24,31-33,38-39,44,46,49-50,52-55,57-60,62-91H2,1-3H3,(H,103,104)(H,105,106)/b10-7-,11-8-,12-9-,19-16-,20-17-,21-18-,28-25-,29-26-,30-27-,36-34-,37-35-,42-40-,43-41-,47-45-,51-48-,61-56-. The number of carbonyl (C=O) groups is 3. The van der Waals surface area contributed by atoms with E-state index in [0.29, 0.717) is 19.3 Å². The summed E-state index contributed by atoms with van der Waals surface area (Å²) in [6.45, 7) is 2.33. The van der Waals surface area contributed by atoms with Crippen LogP contribution in [-0.4, -0.2) is 95.9 Å². The fraction of sp³-hybridized carbons (Fsp3) is 0.639. The molecular weight excluding hydrogens is 1480 g/mol. The van der Waals surface area contributed by atoms with Crippen molar-refractivity contribution in [1.82, 2.24) is 0 Å². The first-order valence-corrected chi connectivity index (χ1v) is 47.7. The van der Waals surface area contributed by atoms with Crippen LogP contribution in [0.3, 0.4) is 0 Å². The highest BCUT2D eigenvalue weighted by molar-refractivity contribution is 7.47. The molecule has 5 atom stereocenters. The molecule has 654 valence electrons. The molecule has 115 heavy (non-hydrogen) atoms. The Kier molecular flexibility index (Phi) is 83.4. The Balaban J connectivity index is 4.60. The molecule has 0 bridgehead atoms. The summed E-state index contributed by atoms with van der Waals surface area (Å²) in [7, 11) is -9.82. The van der Waals surface area contributed by atoms with Gasteiger partial charge in [-0.3, -0.25) is 32.5 Å². The third-order valence-electron chi connectivity index (χ3n) is 18.3. The van der Waals surface area contributed by atoms with Gasteiger partial charge in [0.25, 0.3) is 0 Å². The Bertz CT molecular complexity index is 2870. The minimum absolute atomic E-state index is 0.0814. The maximum Gasteiger partial charge on any atom is 0.472 e. The van der Waals surface area contributed by atoms with Crippen LogP contribution >= 0.6 is 15.6 Å². The first-order valence-electron chi connectivity index (χ1n) is 44.7. The second-order valence-electron chi connectivity index (χ2n) is 29.3. The van der Waals surface area contributed by atoms with Crippen LogP contribution in [-0.2, 0) is 55.8 Å². The Morgan fingerprint density at radius 2 is 0.435 bits per heavy atom. The predicted octanol–water partition coefficient (Wildman–Crippen LogP) is 27.4. The highest BCUT2D eigenvalue weighted by Crippen LogP contribution is 2.45. The molecule has 0 rings (SSSR count). The Labute approximate surface area is 699 Å². The van der Waals surface area contributed by atoms with Crippen LogP contribution in [0.1, 0.15) is 342 Å². The Hall–Kier alpha value is -5.61. The Morgan fingerprint density at radius 1 is 0.243 bits per heavy atom. The van der Waals surface area contributed by atoms with Gasteiger partial charge in [0.15, 0.2) is 6.10 Å². The minimum Gasteiger partial charge on any atom is -0.463 e. The van der Waals surface area contributed by atoms with Crippen LogP contribution in [0.5, 0.6) is 0 Å². The van der Waals surface area contributed by atoms with Crippen LogP contribution in [0.4, 0.5) is 0 Å². The minimum atomic E-state index is -4.95. The van der Waals surface area contributed by atoms with Gasteiger partial charge in [-0.2, -0.15) is 0 Å². The zero-order valence-electron chi connectivity index (χ0n) is 71.9. The van der Waals surface area contributed by atoms with E-state index >= 15 is 0 Å². The molecule has 0 fully saturated rings. The summed E-state index contributed by atoms with van der Waals surface area (Å²) < 4.78 is 61.4. The van der Waals surface area contributed by atoms with Crippen LogP contribution < -0.4 is 0 Å². The molecule has 0 aliphatic carbocycles. The zero-order valence-corrected chi connectivity index (χ0v) is 73.7. The smallest absolute Gasteiger partial charge is 0.463 e. The van der Waals surface area contributed by atoms with E-state index in [2.05, 4.69) is 215 Å². The molecule has 4 N–H and O–H groups in total. The van der Waals surface area contributed by atoms with Gasteiger partial charge in [-0.1, -0.05) is 356 Å². The number of phosphoric acid groups is 2. The van der Waals surface area contributed by atoms with E-state index in [1.54, 1.807) is 0 Å². The second-order valence-corrected chi connectivity index (χ2v) is 32.2. The van der Waals surface area contributed by atoms with E-state index < -0.39 is 91.5 Å². The lowest BCUT2D eigenvalue weighted by Gasteiger charge is -2.21. The van der Waals surface area contributed by atoms with E-state index in [1.807, 2.05) is 0 Å². The van der Waals surface area contributed by atoms with Gasteiger partial charge in [0.1, 0.15) is 25.4 Å². The van der Waals surface area contributed by atoms with Gasteiger partial charge in [0.2, 0.25) is 0 Å². The molecule has 0 heterocycles. The van der Waals surface area contributed by atoms with Crippen molar-refractivity contribution in [2.75, 3.05) is 39.6 Å². The number of allylic oxidation sites excluding steroid dienone is 32. The largest absolute Gasteiger partial charge is 0.472 e. The van der Waals surface area contributed by atoms with Gasteiger partial charge < -0.3 is 34.2 Å². The van der Waals surface area contributed by atoms with E-state index in [0.717, 1.165) is 199 Å². The molecule has 0 amide bonds. The molecule has 5 unspecified atom stereocenters. The summed E-state index contributed by atoms with van der Waals surface area (Å²) in [5.41, 5.74) is 0. The van der Waals surface area contributed by atoms with Crippen molar-refractivity contribution in [3.8, 4) is 0 Å². The SMILES string of the molecule is CC/C=C\C/C=C\C/C=C\C/C=C\C/C=C\C/C=C\CCCCCCCCCCCCCCC(=O)OCC(O)COP(=O)(O)OCC(O)COP(=O)(O)OCC(COC(=O)CCCCCCCCCCCC/C=C\C/C=C\C/C=C\C/C=C\C/C=C\C/C=C\CC)OC(=O)CCCCCCCC/C=C\C/C=C\C/C=C\C/C=C\CC. The lowest BCUT2D eigenvalue weighted by Crippen LogP contribution is -2.30. The molecule has 16 nitrogen and oxygen atoms in total. The number of esters is 3. The third-order valence-corrected chi connectivity index (χ3v) is 20.2. The van der Waals surface area contributed by atoms with E-state index in [1.165, 1.54) is 83.5 Å². The fourth-order valence-corrected chi connectivity index (χ4v) is 13.2. The molecule has 0 saturated heterocycles. The van der Waals surface area contributed by atoms with Crippen molar-refractivity contribution < 1.29 is 75.8 Å².